The Morgan fingerprint density at radius 1 is 1.27 bits per heavy atom. The molecule has 1 atom stereocenters. The van der Waals surface area contributed by atoms with Gasteiger partial charge in [0.2, 0.25) is 5.91 Å². The van der Waals surface area contributed by atoms with E-state index >= 15 is 0 Å². The lowest BCUT2D eigenvalue weighted by Crippen LogP contribution is -2.50. The van der Waals surface area contributed by atoms with E-state index in [1.807, 2.05) is 17.7 Å². The molecule has 0 saturated carbocycles. The number of amides is 2. The monoisotopic (exact) mass is 430 g/mol. The van der Waals surface area contributed by atoms with Crippen LogP contribution in [0.5, 0.6) is 0 Å². The number of fused-ring (bicyclic) bond motifs is 1. The molecule has 4 rings (SSSR count). The van der Waals surface area contributed by atoms with Crippen molar-refractivity contribution in [3.05, 3.63) is 52.3 Å². The molecule has 1 fully saturated rings. The first-order valence-corrected chi connectivity index (χ1v) is 10.6. The van der Waals surface area contributed by atoms with Crippen LogP contribution in [-0.2, 0) is 16.1 Å². The average molecular weight is 431 g/mol. The van der Waals surface area contributed by atoms with E-state index in [1.165, 1.54) is 23.5 Å². The van der Waals surface area contributed by atoms with Gasteiger partial charge in [-0.05, 0) is 37.6 Å². The first-order chi connectivity index (χ1) is 14.4. The molecule has 9 heteroatoms. The molecule has 1 aliphatic heterocycles. The number of nitrogens with zero attached hydrogens (tertiary/aromatic N) is 3. The highest BCUT2D eigenvalue weighted by Gasteiger charge is 2.25. The number of carbonyl (C=O) groups excluding carboxylic acids is 2. The van der Waals surface area contributed by atoms with Crippen LogP contribution in [-0.4, -0.2) is 58.8 Å². The van der Waals surface area contributed by atoms with Crippen molar-refractivity contribution in [2.75, 3.05) is 26.3 Å². The normalized spacial score (nSPS) is 15.4. The minimum absolute atomic E-state index is 0.105. The lowest BCUT2D eigenvalue weighted by atomic mass is 10.2. The molecule has 1 unspecified atom stereocenters. The van der Waals surface area contributed by atoms with Crippen molar-refractivity contribution in [2.24, 2.45) is 0 Å². The summed E-state index contributed by atoms with van der Waals surface area (Å²) < 4.78 is 20.2. The van der Waals surface area contributed by atoms with Crippen molar-refractivity contribution in [2.45, 2.75) is 26.4 Å². The number of aromatic nitrogens is 2. The summed E-state index contributed by atoms with van der Waals surface area (Å²) in [5.74, 6) is -0.666. The van der Waals surface area contributed by atoms with Gasteiger partial charge in [0.25, 0.3) is 5.91 Å². The topological polar surface area (TPSA) is 76.5 Å². The molecule has 7 nitrogen and oxygen atoms in total. The Morgan fingerprint density at radius 3 is 2.67 bits per heavy atom. The highest BCUT2D eigenvalue weighted by atomic mass is 32.1. The van der Waals surface area contributed by atoms with Gasteiger partial charge in [0.1, 0.15) is 16.7 Å². The van der Waals surface area contributed by atoms with Gasteiger partial charge in [0.15, 0.2) is 0 Å². The Bertz CT molecular complexity index is 1070. The van der Waals surface area contributed by atoms with Crippen LogP contribution < -0.4 is 5.32 Å². The van der Waals surface area contributed by atoms with Crippen LogP contribution in [0.25, 0.3) is 10.2 Å². The summed E-state index contributed by atoms with van der Waals surface area (Å²) >= 11 is 1.33. The predicted octanol–water partition coefficient (Wildman–Crippen LogP) is 2.57. The molecular formula is C21H23FN4O3S. The van der Waals surface area contributed by atoms with Gasteiger partial charge in [0, 0.05) is 18.5 Å². The smallest absolute Gasteiger partial charge is 0.262 e. The second-order valence-corrected chi connectivity index (χ2v) is 8.36. The number of hydrogen-bond donors (Lipinski definition) is 1. The van der Waals surface area contributed by atoms with E-state index in [4.69, 9.17) is 4.74 Å². The quantitative estimate of drug-likeness (QED) is 0.675. The third kappa shape index (κ3) is 4.22. The van der Waals surface area contributed by atoms with Crippen molar-refractivity contribution in [1.29, 1.82) is 0 Å². The second-order valence-electron chi connectivity index (χ2n) is 7.33. The minimum atomic E-state index is -0.613. The van der Waals surface area contributed by atoms with Crippen molar-refractivity contribution in [3.8, 4) is 0 Å². The Labute approximate surface area is 177 Å². The number of thiophene rings is 1. The van der Waals surface area contributed by atoms with Gasteiger partial charge in [0.05, 0.1) is 30.3 Å². The van der Waals surface area contributed by atoms with E-state index in [0.717, 1.165) is 21.5 Å². The van der Waals surface area contributed by atoms with Gasteiger partial charge in [-0.25, -0.2) is 4.39 Å². The van der Waals surface area contributed by atoms with Crippen LogP contribution in [0.15, 0.2) is 30.3 Å². The first-order valence-electron chi connectivity index (χ1n) is 9.81. The summed E-state index contributed by atoms with van der Waals surface area (Å²) in [4.78, 5) is 28.4. The molecule has 1 N–H and O–H groups in total. The third-order valence-corrected chi connectivity index (χ3v) is 6.26. The van der Waals surface area contributed by atoms with Crippen LogP contribution in [0.4, 0.5) is 4.39 Å². The van der Waals surface area contributed by atoms with Crippen LogP contribution in [0, 0.1) is 12.7 Å². The van der Waals surface area contributed by atoms with Gasteiger partial charge in [-0.2, -0.15) is 5.10 Å². The number of hydrogen-bond acceptors (Lipinski definition) is 5. The lowest BCUT2D eigenvalue weighted by molar-refractivity contribution is -0.136. The number of ether oxygens (including phenoxy) is 1. The Hall–Kier alpha value is -2.78. The average Bonchev–Trinajstić information content (AvgIpc) is 3.31. The molecule has 0 aliphatic carbocycles. The van der Waals surface area contributed by atoms with Crippen molar-refractivity contribution < 1.29 is 18.7 Å². The Kier molecular flexibility index (Phi) is 5.83. The maximum Gasteiger partial charge on any atom is 0.262 e. The van der Waals surface area contributed by atoms with Gasteiger partial charge < -0.3 is 15.0 Å². The van der Waals surface area contributed by atoms with Gasteiger partial charge in [-0.3, -0.25) is 14.3 Å². The number of nitrogens with one attached hydrogen (secondary N) is 1. The lowest BCUT2D eigenvalue weighted by Gasteiger charge is -2.29. The number of rotatable bonds is 5. The zero-order valence-electron chi connectivity index (χ0n) is 16.9. The number of carbonyl (C=O) groups is 2. The maximum absolute atomic E-state index is 13.2. The van der Waals surface area contributed by atoms with Crippen LogP contribution >= 0.6 is 11.3 Å². The molecule has 1 aromatic carbocycles. The molecule has 0 radical (unpaired) electrons. The highest BCUT2D eigenvalue weighted by molar-refractivity contribution is 7.20. The standard InChI is InChI=1S/C21H23FN4O3S/c1-13-17-11-18(19(27)23-14(2)20(28)25-7-9-29-10-8-25)30-21(17)26(24-13)12-15-3-5-16(22)6-4-15/h3-6,11,14H,7-10,12H2,1-2H3,(H,23,27). The molecule has 3 aromatic rings. The molecule has 1 aliphatic rings. The van der Waals surface area contributed by atoms with Crippen molar-refractivity contribution >= 4 is 33.4 Å². The molecular weight excluding hydrogens is 407 g/mol. The van der Waals surface area contributed by atoms with E-state index in [0.29, 0.717) is 37.7 Å². The zero-order valence-corrected chi connectivity index (χ0v) is 17.7. The van der Waals surface area contributed by atoms with E-state index in [1.54, 1.807) is 24.0 Å². The summed E-state index contributed by atoms with van der Waals surface area (Å²) in [5, 5.41) is 8.26. The molecule has 0 spiro atoms. The van der Waals surface area contributed by atoms with Crippen LogP contribution in [0.2, 0.25) is 0 Å². The fourth-order valence-corrected chi connectivity index (χ4v) is 4.55. The van der Waals surface area contributed by atoms with E-state index in [9.17, 15) is 14.0 Å². The molecule has 1 saturated heterocycles. The van der Waals surface area contributed by atoms with Crippen molar-refractivity contribution in [1.82, 2.24) is 20.0 Å². The molecule has 2 amide bonds. The minimum Gasteiger partial charge on any atom is -0.378 e. The fourth-order valence-electron chi connectivity index (χ4n) is 3.48. The van der Waals surface area contributed by atoms with Gasteiger partial charge in [-0.15, -0.1) is 11.3 Å². The molecule has 30 heavy (non-hydrogen) atoms. The highest BCUT2D eigenvalue weighted by Crippen LogP contribution is 2.29. The summed E-state index contributed by atoms with van der Waals surface area (Å²) in [6.45, 7) is 6.20. The second kappa shape index (κ2) is 8.53. The molecule has 2 aromatic heterocycles. The van der Waals surface area contributed by atoms with E-state index in [2.05, 4.69) is 10.4 Å². The molecule has 3 heterocycles. The van der Waals surface area contributed by atoms with Gasteiger partial charge in [-0.1, -0.05) is 12.1 Å². The number of morpholine rings is 1. The Balaban J connectivity index is 1.49. The number of aryl methyl sites for hydroxylation is 1. The van der Waals surface area contributed by atoms with Crippen molar-refractivity contribution in [3.63, 3.8) is 0 Å². The largest absolute Gasteiger partial charge is 0.378 e. The van der Waals surface area contributed by atoms with Gasteiger partial charge >= 0.3 is 0 Å². The maximum atomic E-state index is 13.2. The fraction of sp³-hybridized carbons (Fsp3) is 0.381. The summed E-state index contributed by atoms with van der Waals surface area (Å²) in [7, 11) is 0. The number of halogens is 1. The SMILES string of the molecule is Cc1nn(Cc2ccc(F)cc2)c2sc(C(=O)NC(C)C(=O)N3CCOCC3)cc12. The summed E-state index contributed by atoms with van der Waals surface area (Å²) in [5.41, 5.74) is 1.74. The Morgan fingerprint density at radius 2 is 1.97 bits per heavy atom. The predicted molar refractivity (Wildman–Crippen MR) is 112 cm³/mol. The third-order valence-electron chi connectivity index (χ3n) is 5.12. The van der Waals surface area contributed by atoms with E-state index in [-0.39, 0.29) is 17.6 Å². The van der Waals surface area contributed by atoms with E-state index < -0.39 is 6.04 Å². The van der Waals surface area contributed by atoms with Crippen LogP contribution in [0.1, 0.15) is 27.9 Å². The zero-order chi connectivity index (χ0) is 21.3. The van der Waals surface area contributed by atoms with Crippen LogP contribution in [0.3, 0.4) is 0 Å². The first kappa shape index (κ1) is 20.5. The summed E-state index contributed by atoms with van der Waals surface area (Å²) in [6, 6.07) is 7.48. The number of benzene rings is 1. The summed E-state index contributed by atoms with van der Waals surface area (Å²) in [6.07, 6.45) is 0. The molecule has 0 bridgehead atoms. The molecule has 158 valence electrons.